The molecule has 0 aliphatic heterocycles. The van der Waals surface area contributed by atoms with Gasteiger partial charge in [0.05, 0.1) is 13.0 Å². The number of hydrogen-bond donors (Lipinski definition) is 2. The molecule has 0 radical (unpaired) electrons. The fourth-order valence-corrected chi connectivity index (χ4v) is 1.80. The van der Waals surface area contributed by atoms with E-state index in [-0.39, 0.29) is 17.9 Å². The number of carbonyl (C=O) groups is 1. The summed E-state index contributed by atoms with van der Waals surface area (Å²) in [5.74, 6) is 0.155. The molecule has 2 rings (SSSR count). The van der Waals surface area contributed by atoms with E-state index < -0.39 is 0 Å². The third kappa shape index (κ3) is 2.62. The van der Waals surface area contributed by atoms with E-state index in [2.05, 4.69) is 10.3 Å². The van der Waals surface area contributed by atoms with Crippen LogP contribution in [-0.2, 0) is 4.79 Å². The van der Waals surface area contributed by atoms with Crippen LogP contribution in [0.4, 0.5) is 5.69 Å². The molecule has 5 heteroatoms. The van der Waals surface area contributed by atoms with Crippen LogP contribution in [0.5, 0.6) is 5.88 Å². The van der Waals surface area contributed by atoms with Gasteiger partial charge in [-0.3, -0.25) is 4.79 Å². The molecular formula is C12H15N3O2. The minimum Gasteiger partial charge on any atom is -0.480 e. The Labute approximate surface area is 99.7 Å². The van der Waals surface area contributed by atoms with Gasteiger partial charge in [0.2, 0.25) is 11.8 Å². The SMILES string of the molecule is COc1ncccc1NC(=O)C1C=CC(N)C1. The Morgan fingerprint density at radius 1 is 1.59 bits per heavy atom. The van der Waals surface area contributed by atoms with Crippen molar-refractivity contribution in [3.8, 4) is 5.88 Å². The second kappa shape index (κ2) is 4.97. The quantitative estimate of drug-likeness (QED) is 0.761. The highest BCUT2D eigenvalue weighted by Crippen LogP contribution is 2.23. The first kappa shape index (κ1) is 11.6. The van der Waals surface area contributed by atoms with Gasteiger partial charge in [0.25, 0.3) is 0 Å². The fraction of sp³-hybridized carbons (Fsp3) is 0.333. The molecule has 0 bridgehead atoms. The van der Waals surface area contributed by atoms with Crippen LogP contribution in [0.1, 0.15) is 6.42 Å². The van der Waals surface area contributed by atoms with Crippen molar-refractivity contribution >= 4 is 11.6 Å². The summed E-state index contributed by atoms with van der Waals surface area (Å²) in [7, 11) is 1.52. The maximum Gasteiger partial charge on any atom is 0.237 e. The van der Waals surface area contributed by atoms with Crippen molar-refractivity contribution < 1.29 is 9.53 Å². The third-order valence-corrected chi connectivity index (χ3v) is 2.68. The molecule has 1 amide bonds. The zero-order chi connectivity index (χ0) is 12.3. The van der Waals surface area contributed by atoms with Gasteiger partial charge in [0.1, 0.15) is 5.69 Å². The topological polar surface area (TPSA) is 77.2 Å². The standard InChI is InChI=1S/C12H15N3O2/c1-17-12-10(3-2-6-14-12)15-11(16)8-4-5-9(13)7-8/h2-6,8-9H,7,13H2,1H3,(H,15,16). The summed E-state index contributed by atoms with van der Waals surface area (Å²) in [5, 5.41) is 2.79. The molecule has 2 atom stereocenters. The van der Waals surface area contributed by atoms with Crippen LogP contribution in [0.15, 0.2) is 30.5 Å². The first-order valence-corrected chi connectivity index (χ1v) is 5.44. The van der Waals surface area contributed by atoms with Gasteiger partial charge in [-0.1, -0.05) is 12.2 Å². The minimum absolute atomic E-state index is 0.0263. The monoisotopic (exact) mass is 233 g/mol. The lowest BCUT2D eigenvalue weighted by Gasteiger charge is -2.12. The van der Waals surface area contributed by atoms with Gasteiger partial charge in [0.15, 0.2) is 0 Å². The number of nitrogens with one attached hydrogen (secondary N) is 1. The molecule has 1 aliphatic carbocycles. The van der Waals surface area contributed by atoms with Crippen molar-refractivity contribution in [3.63, 3.8) is 0 Å². The Hall–Kier alpha value is -1.88. The highest BCUT2D eigenvalue weighted by Gasteiger charge is 2.23. The zero-order valence-corrected chi connectivity index (χ0v) is 9.59. The summed E-state index contributed by atoms with van der Waals surface area (Å²) in [4.78, 5) is 15.9. The van der Waals surface area contributed by atoms with Gasteiger partial charge in [-0.25, -0.2) is 4.98 Å². The molecule has 1 heterocycles. The van der Waals surface area contributed by atoms with Gasteiger partial charge in [-0.15, -0.1) is 0 Å². The third-order valence-electron chi connectivity index (χ3n) is 2.68. The second-order valence-electron chi connectivity index (χ2n) is 3.94. The van der Waals surface area contributed by atoms with Crippen molar-refractivity contribution in [3.05, 3.63) is 30.5 Å². The van der Waals surface area contributed by atoms with E-state index in [0.29, 0.717) is 18.0 Å². The molecule has 0 aromatic carbocycles. The number of ether oxygens (including phenoxy) is 1. The summed E-state index contributed by atoms with van der Waals surface area (Å²) in [6, 6.07) is 3.47. The number of methoxy groups -OCH3 is 1. The molecule has 2 unspecified atom stereocenters. The van der Waals surface area contributed by atoms with Crippen LogP contribution < -0.4 is 15.8 Å². The van der Waals surface area contributed by atoms with Gasteiger partial charge < -0.3 is 15.8 Å². The Bertz CT molecular complexity index is 445. The number of hydrogen-bond acceptors (Lipinski definition) is 4. The van der Waals surface area contributed by atoms with Crippen LogP contribution in [0, 0.1) is 5.92 Å². The van der Waals surface area contributed by atoms with E-state index >= 15 is 0 Å². The first-order chi connectivity index (χ1) is 8.20. The van der Waals surface area contributed by atoms with Crippen molar-refractivity contribution in [2.45, 2.75) is 12.5 Å². The maximum atomic E-state index is 11.9. The number of carbonyl (C=O) groups excluding carboxylic acids is 1. The molecule has 0 saturated carbocycles. The van der Waals surface area contributed by atoms with E-state index in [9.17, 15) is 4.79 Å². The lowest BCUT2D eigenvalue weighted by molar-refractivity contribution is -0.118. The molecule has 1 aromatic rings. The van der Waals surface area contributed by atoms with Crippen molar-refractivity contribution in [2.75, 3.05) is 12.4 Å². The molecule has 0 saturated heterocycles. The van der Waals surface area contributed by atoms with Gasteiger partial charge in [0, 0.05) is 12.2 Å². The molecule has 3 N–H and O–H groups in total. The number of anilines is 1. The van der Waals surface area contributed by atoms with E-state index in [1.807, 2.05) is 12.2 Å². The predicted molar refractivity (Wildman–Crippen MR) is 64.6 cm³/mol. The summed E-state index contributed by atoms with van der Waals surface area (Å²) < 4.78 is 5.06. The highest BCUT2D eigenvalue weighted by molar-refractivity contribution is 5.95. The smallest absolute Gasteiger partial charge is 0.237 e. The van der Waals surface area contributed by atoms with Crippen LogP contribution >= 0.6 is 0 Å². The zero-order valence-electron chi connectivity index (χ0n) is 9.59. The number of amides is 1. The van der Waals surface area contributed by atoms with Crippen LogP contribution in [0.25, 0.3) is 0 Å². The lowest BCUT2D eigenvalue weighted by atomic mass is 10.1. The van der Waals surface area contributed by atoms with Crippen molar-refractivity contribution in [1.29, 1.82) is 0 Å². The molecule has 0 fully saturated rings. The van der Waals surface area contributed by atoms with Crippen LogP contribution in [0.2, 0.25) is 0 Å². The van der Waals surface area contributed by atoms with Crippen molar-refractivity contribution in [1.82, 2.24) is 4.98 Å². The molecule has 1 aromatic heterocycles. The highest BCUT2D eigenvalue weighted by atomic mass is 16.5. The summed E-state index contributed by atoms with van der Waals surface area (Å²) >= 11 is 0. The number of aromatic nitrogens is 1. The molecular weight excluding hydrogens is 218 g/mol. The van der Waals surface area contributed by atoms with Crippen molar-refractivity contribution in [2.24, 2.45) is 11.7 Å². The first-order valence-electron chi connectivity index (χ1n) is 5.44. The van der Waals surface area contributed by atoms with E-state index in [4.69, 9.17) is 10.5 Å². The predicted octanol–water partition coefficient (Wildman–Crippen LogP) is 0.932. The second-order valence-corrected chi connectivity index (χ2v) is 3.94. The number of nitrogens with two attached hydrogens (primary N) is 1. The lowest BCUT2D eigenvalue weighted by Crippen LogP contribution is -2.24. The Morgan fingerprint density at radius 2 is 2.41 bits per heavy atom. The Kier molecular flexibility index (Phi) is 3.39. The van der Waals surface area contributed by atoms with E-state index in [0.717, 1.165) is 0 Å². The van der Waals surface area contributed by atoms with E-state index in [1.165, 1.54) is 7.11 Å². The maximum absolute atomic E-state index is 11.9. The number of pyridine rings is 1. The van der Waals surface area contributed by atoms with Crippen LogP contribution in [-0.4, -0.2) is 24.0 Å². The van der Waals surface area contributed by atoms with Gasteiger partial charge >= 0.3 is 0 Å². The molecule has 0 spiro atoms. The van der Waals surface area contributed by atoms with E-state index in [1.54, 1.807) is 18.3 Å². The molecule has 1 aliphatic rings. The van der Waals surface area contributed by atoms with Gasteiger partial charge in [-0.05, 0) is 18.6 Å². The normalized spacial score (nSPS) is 22.5. The Morgan fingerprint density at radius 3 is 3.06 bits per heavy atom. The molecule has 17 heavy (non-hydrogen) atoms. The Balaban J connectivity index is 2.06. The van der Waals surface area contributed by atoms with Crippen LogP contribution in [0.3, 0.4) is 0 Å². The number of nitrogens with zero attached hydrogens (tertiary/aromatic N) is 1. The largest absolute Gasteiger partial charge is 0.480 e. The van der Waals surface area contributed by atoms with Gasteiger partial charge in [-0.2, -0.15) is 0 Å². The fourth-order valence-electron chi connectivity index (χ4n) is 1.80. The molecule has 90 valence electrons. The summed E-state index contributed by atoms with van der Waals surface area (Å²) in [6.45, 7) is 0. The summed E-state index contributed by atoms with van der Waals surface area (Å²) in [6.07, 6.45) is 5.95. The number of rotatable bonds is 3. The summed E-state index contributed by atoms with van der Waals surface area (Å²) in [5.41, 5.74) is 6.29. The average molecular weight is 233 g/mol. The minimum atomic E-state index is -0.171. The average Bonchev–Trinajstić information content (AvgIpc) is 2.77. The molecule has 5 nitrogen and oxygen atoms in total.